The molecule has 0 radical (unpaired) electrons. The van der Waals surface area contributed by atoms with Crippen LogP contribution in [-0.4, -0.2) is 68.0 Å². The number of aliphatic hydroxyl groups is 2. The molecule has 0 spiro atoms. The number of ether oxygens (including phenoxy) is 1. The Morgan fingerprint density at radius 2 is 2.27 bits per heavy atom. The van der Waals surface area contributed by atoms with Crippen molar-refractivity contribution in [3.05, 3.63) is 41.8 Å². The third-order valence-corrected chi connectivity index (χ3v) is 5.87. The molecule has 0 aliphatic carbocycles. The summed E-state index contributed by atoms with van der Waals surface area (Å²) in [4.78, 5) is 25.8. The topological polar surface area (TPSA) is 129 Å². The van der Waals surface area contributed by atoms with Gasteiger partial charge in [0.2, 0.25) is 5.88 Å². The first-order valence-electron chi connectivity index (χ1n) is 10.4. The summed E-state index contributed by atoms with van der Waals surface area (Å²) >= 11 is 6.53. The second-order valence-electron chi connectivity index (χ2n) is 7.86. The molecule has 2 aliphatic rings. The van der Waals surface area contributed by atoms with Crippen LogP contribution in [0.1, 0.15) is 6.42 Å². The third kappa shape index (κ3) is 3.94. The number of urea groups is 1. The summed E-state index contributed by atoms with van der Waals surface area (Å²) in [5.74, 6) is 0.756. The first-order valence-corrected chi connectivity index (χ1v) is 10.8. The Kier molecular flexibility index (Phi) is 5.52. The molecule has 5 heterocycles. The maximum absolute atomic E-state index is 13.3. The van der Waals surface area contributed by atoms with Crippen molar-refractivity contribution in [2.45, 2.75) is 18.7 Å². The number of fused-ring (bicyclic) bond motifs is 3. The molecule has 1 saturated heterocycles. The molecule has 3 N–H and O–H groups in total. The number of halogens is 1. The number of nitrogens with one attached hydrogen (secondary N) is 1. The highest BCUT2D eigenvalue weighted by Gasteiger charge is 2.46. The summed E-state index contributed by atoms with van der Waals surface area (Å²) in [5, 5.41) is 25.9. The highest BCUT2D eigenvalue weighted by atomic mass is 35.5. The van der Waals surface area contributed by atoms with E-state index in [0.717, 1.165) is 24.2 Å². The number of aryl methyl sites for hydroxylation is 1. The van der Waals surface area contributed by atoms with Crippen molar-refractivity contribution < 1.29 is 19.7 Å². The Balaban J connectivity index is 1.40. The molecule has 12 heteroatoms. The maximum Gasteiger partial charge on any atom is 0.329 e. The van der Waals surface area contributed by atoms with E-state index in [1.165, 1.54) is 6.20 Å². The molecule has 1 fully saturated rings. The van der Waals surface area contributed by atoms with Gasteiger partial charge in [0.05, 0.1) is 29.2 Å². The molecular formula is C21H22ClN7O4. The number of carbonyl (C=O) groups excluding carboxylic acids is 1. The van der Waals surface area contributed by atoms with Crippen molar-refractivity contribution in [3.63, 3.8) is 0 Å². The van der Waals surface area contributed by atoms with Crippen molar-refractivity contribution in [3.8, 4) is 17.1 Å². The lowest BCUT2D eigenvalue weighted by Gasteiger charge is -2.39. The molecule has 2 amide bonds. The van der Waals surface area contributed by atoms with Gasteiger partial charge in [-0.25, -0.2) is 14.8 Å². The number of carbonyl (C=O) groups is 1. The molecule has 0 aromatic carbocycles. The largest absolute Gasteiger partial charge is 0.475 e. The number of aliphatic hydroxyl groups excluding tert-OH is 2. The quantitative estimate of drug-likeness (QED) is 0.496. The molecule has 2 aliphatic heterocycles. The van der Waals surface area contributed by atoms with Gasteiger partial charge in [-0.05, 0) is 12.1 Å². The van der Waals surface area contributed by atoms with Crippen molar-refractivity contribution in [1.82, 2.24) is 19.7 Å². The van der Waals surface area contributed by atoms with E-state index in [2.05, 4.69) is 20.3 Å². The predicted octanol–water partition coefficient (Wildman–Crippen LogP) is 1.85. The lowest BCUT2D eigenvalue weighted by atomic mass is 10.1. The molecule has 33 heavy (non-hydrogen) atoms. The number of rotatable bonds is 6. The van der Waals surface area contributed by atoms with Crippen LogP contribution in [0.15, 0.2) is 36.8 Å². The Labute approximate surface area is 194 Å². The van der Waals surface area contributed by atoms with Gasteiger partial charge in [-0.15, -0.1) is 0 Å². The van der Waals surface area contributed by atoms with Crippen LogP contribution >= 0.6 is 11.6 Å². The van der Waals surface area contributed by atoms with E-state index in [1.54, 1.807) is 27.9 Å². The number of amides is 2. The van der Waals surface area contributed by atoms with Gasteiger partial charge in [0, 0.05) is 49.7 Å². The van der Waals surface area contributed by atoms with E-state index >= 15 is 0 Å². The summed E-state index contributed by atoms with van der Waals surface area (Å²) in [5.41, 5.74) is 2.62. The zero-order chi connectivity index (χ0) is 23.1. The smallest absolute Gasteiger partial charge is 0.329 e. The van der Waals surface area contributed by atoms with Crippen molar-refractivity contribution in [2.75, 3.05) is 34.9 Å². The first kappa shape index (κ1) is 21.4. The van der Waals surface area contributed by atoms with Gasteiger partial charge in [-0.2, -0.15) is 5.10 Å². The normalized spacial score (nSPS) is 17.3. The molecule has 11 nitrogen and oxygen atoms in total. The van der Waals surface area contributed by atoms with Gasteiger partial charge in [0.25, 0.3) is 0 Å². The molecule has 0 bridgehead atoms. The summed E-state index contributed by atoms with van der Waals surface area (Å²) < 4.78 is 7.03. The van der Waals surface area contributed by atoms with Gasteiger partial charge in [0.1, 0.15) is 18.9 Å². The average molecular weight is 472 g/mol. The highest BCUT2D eigenvalue weighted by molar-refractivity contribution is 6.33. The number of hydrogen-bond acceptors (Lipinski definition) is 8. The Morgan fingerprint density at radius 1 is 1.42 bits per heavy atom. The van der Waals surface area contributed by atoms with Crippen LogP contribution in [0.25, 0.3) is 11.3 Å². The number of aromatic nitrogens is 4. The number of anilines is 3. The maximum atomic E-state index is 13.3. The molecule has 5 rings (SSSR count). The molecule has 2 atom stereocenters. The standard InChI is InChI=1S/C21H22ClN7O4/c1-27-9-12(8-24-27)19-15(22)7-16-20(26-19)29(18-3-5-28(16)18)21(32)25-13-2-4-23-17(6-13)33-11-14(31)10-30/h2,4,6-9,14,18,30-31H,3,5,10-11H2,1H3,(H,23,25,32)/t14-,18-/m0/s1. The lowest BCUT2D eigenvalue weighted by molar-refractivity contribution is 0.0521. The molecule has 0 unspecified atom stereocenters. The number of hydrogen-bond donors (Lipinski definition) is 3. The number of pyridine rings is 2. The predicted molar refractivity (Wildman–Crippen MR) is 122 cm³/mol. The van der Waals surface area contributed by atoms with E-state index in [4.69, 9.17) is 26.4 Å². The fourth-order valence-corrected chi connectivity index (χ4v) is 4.14. The van der Waals surface area contributed by atoms with E-state index in [-0.39, 0.29) is 24.7 Å². The molecular weight excluding hydrogens is 450 g/mol. The Morgan fingerprint density at radius 3 is 2.97 bits per heavy atom. The van der Waals surface area contributed by atoms with Gasteiger partial charge in [0.15, 0.2) is 5.82 Å². The van der Waals surface area contributed by atoms with Crippen molar-refractivity contribution in [1.29, 1.82) is 0 Å². The zero-order valence-electron chi connectivity index (χ0n) is 17.7. The van der Waals surface area contributed by atoms with Crippen molar-refractivity contribution in [2.24, 2.45) is 7.05 Å². The second kappa shape index (κ2) is 8.50. The Hall–Kier alpha value is -3.41. The third-order valence-electron chi connectivity index (χ3n) is 5.58. The Bertz CT molecular complexity index is 1200. The number of nitrogens with zero attached hydrogens (tertiary/aromatic N) is 6. The van der Waals surface area contributed by atoms with Gasteiger partial charge in [-0.1, -0.05) is 11.6 Å². The summed E-state index contributed by atoms with van der Waals surface area (Å²) in [6.45, 7) is 0.284. The van der Waals surface area contributed by atoms with Crippen LogP contribution in [0.4, 0.5) is 22.0 Å². The van der Waals surface area contributed by atoms with Crippen molar-refractivity contribution >= 4 is 34.8 Å². The van der Waals surface area contributed by atoms with E-state index < -0.39 is 12.7 Å². The van der Waals surface area contributed by atoms with Crippen LogP contribution in [0, 0.1) is 0 Å². The lowest BCUT2D eigenvalue weighted by Crippen LogP contribution is -2.56. The molecule has 0 saturated carbocycles. The van der Waals surface area contributed by atoms with Crippen LogP contribution in [0.5, 0.6) is 5.88 Å². The van der Waals surface area contributed by atoms with Gasteiger partial charge < -0.3 is 25.2 Å². The molecule has 3 aromatic rings. The van der Waals surface area contributed by atoms with Crippen LogP contribution in [-0.2, 0) is 7.05 Å². The second-order valence-corrected chi connectivity index (χ2v) is 8.26. The van der Waals surface area contributed by atoms with Crippen LogP contribution in [0.3, 0.4) is 0 Å². The fourth-order valence-electron chi connectivity index (χ4n) is 3.88. The summed E-state index contributed by atoms with van der Waals surface area (Å²) in [6, 6.07) is 4.69. The van der Waals surface area contributed by atoms with E-state index in [1.807, 2.05) is 19.3 Å². The first-order chi connectivity index (χ1) is 15.9. The fraction of sp³-hybridized carbons (Fsp3) is 0.333. The summed E-state index contributed by atoms with van der Waals surface area (Å²) in [6.07, 6.45) is 4.66. The van der Waals surface area contributed by atoms with Crippen LogP contribution in [0.2, 0.25) is 5.02 Å². The minimum Gasteiger partial charge on any atom is -0.475 e. The molecule has 3 aromatic heterocycles. The van der Waals surface area contributed by atoms with Gasteiger partial charge in [-0.3, -0.25) is 9.58 Å². The minimum absolute atomic E-state index is 0.112. The SMILES string of the molecule is Cn1cc(-c2nc3c(cc2Cl)N2CC[C@@H]2N3C(=O)Nc2ccnc(OC[C@@H](O)CO)c2)cn1. The van der Waals surface area contributed by atoms with Crippen LogP contribution < -0.4 is 19.9 Å². The summed E-state index contributed by atoms with van der Waals surface area (Å²) in [7, 11) is 1.81. The monoisotopic (exact) mass is 471 g/mol. The highest BCUT2D eigenvalue weighted by Crippen LogP contribution is 2.47. The zero-order valence-corrected chi connectivity index (χ0v) is 18.5. The van der Waals surface area contributed by atoms with E-state index in [9.17, 15) is 9.90 Å². The van der Waals surface area contributed by atoms with E-state index in [0.29, 0.717) is 22.2 Å². The minimum atomic E-state index is -1.01. The van der Waals surface area contributed by atoms with Gasteiger partial charge >= 0.3 is 6.03 Å². The molecule has 172 valence electrons. The average Bonchev–Trinajstić information content (AvgIpc) is 3.29.